The van der Waals surface area contributed by atoms with Crippen molar-refractivity contribution in [2.75, 3.05) is 19.6 Å². The van der Waals surface area contributed by atoms with Crippen LogP contribution in [-0.2, 0) is 22.6 Å². The van der Waals surface area contributed by atoms with Crippen molar-refractivity contribution < 1.29 is 14.3 Å². The summed E-state index contributed by atoms with van der Waals surface area (Å²) in [5.74, 6) is 0.00293. The van der Waals surface area contributed by atoms with E-state index in [0.29, 0.717) is 19.6 Å². The van der Waals surface area contributed by atoms with E-state index in [0.717, 1.165) is 42.9 Å². The number of aryl methyl sites for hydroxylation is 1. The second kappa shape index (κ2) is 10.8. The summed E-state index contributed by atoms with van der Waals surface area (Å²) in [5.41, 5.74) is 3.78. The largest absolute Gasteiger partial charge is 0.444 e. The lowest BCUT2D eigenvalue weighted by molar-refractivity contribution is -0.122. The highest BCUT2D eigenvalue weighted by atomic mass is 16.6. The molecule has 180 valence electrons. The van der Waals surface area contributed by atoms with Crippen LogP contribution < -0.4 is 10.6 Å². The summed E-state index contributed by atoms with van der Waals surface area (Å²) in [6.07, 6.45) is 1.23. The molecule has 1 fully saturated rings. The molecular formula is C25H37N5O3. The molecule has 2 amide bonds. The van der Waals surface area contributed by atoms with Crippen molar-refractivity contribution in [1.29, 1.82) is 0 Å². The summed E-state index contributed by atoms with van der Waals surface area (Å²) < 4.78 is 7.32. The van der Waals surface area contributed by atoms with E-state index in [1.807, 2.05) is 57.5 Å². The van der Waals surface area contributed by atoms with E-state index >= 15 is 0 Å². The molecule has 0 unspecified atom stereocenters. The van der Waals surface area contributed by atoms with Gasteiger partial charge in [0.25, 0.3) is 0 Å². The Bertz CT molecular complexity index is 941. The Kier molecular flexibility index (Phi) is 8.13. The van der Waals surface area contributed by atoms with E-state index in [2.05, 4.69) is 32.8 Å². The third kappa shape index (κ3) is 7.60. The van der Waals surface area contributed by atoms with Crippen molar-refractivity contribution in [3.8, 4) is 0 Å². The average molecular weight is 456 g/mol. The van der Waals surface area contributed by atoms with Crippen LogP contribution in [0.1, 0.15) is 56.1 Å². The van der Waals surface area contributed by atoms with Crippen LogP contribution in [0.3, 0.4) is 0 Å². The van der Waals surface area contributed by atoms with Gasteiger partial charge in [-0.15, -0.1) is 0 Å². The molecule has 3 rings (SSSR count). The minimum absolute atomic E-state index is 0.00293. The van der Waals surface area contributed by atoms with E-state index < -0.39 is 5.60 Å². The van der Waals surface area contributed by atoms with Crippen molar-refractivity contribution in [2.45, 2.75) is 72.2 Å². The number of piperidine rings is 1. The standard InChI is InChI=1S/C25H37N5O3/c1-18-22(19(2)30(28-18)16-20-9-7-6-8-10-20)15-26-23(31)17-29-13-11-21(12-14-29)27-24(32)33-25(3,4)5/h6-10,21H,11-17H2,1-5H3,(H,26,31)(H,27,32). The summed E-state index contributed by atoms with van der Waals surface area (Å²) in [6, 6.07) is 10.3. The average Bonchev–Trinajstić information content (AvgIpc) is 3.00. The molecule has 1 aliphatic heterocycles. The Hall–Kier alpha value is -2.87. The number of benzene rings is 1. The Morgan fingerprint density at radius 1 is 1.12 bits per heavy atom. The Balaban J connectivity index is 1.43. The van der Waals surface area contributed by atoms with Gasteiger partial charge in [-0.1, -0.05) is 30.3 Å². The first kappa shape index (κ1) is 24.8. The minimum atomic E-state index is -0.502. The number of nitrogens with one attached hydrogen (secondary N) is 2. The van der Waals surface area contributed by atoms with Gasteiger partial charge in [0.05, 0.1) is 18.8 Å². The van der Waals surface area contributed by atoms with Crippen LogP contribution >= 0.6 is 0 Å². The quantitative estimate of drug-likeness (QED) is 0.670. The van der Waals surface area contributed by atoms with Crippen molar-refractivity contribution in [2.24, 2.45) is 0 Å². The van der Waals surface area contributed by atoms with Gasteiger partial charge in [-0.05, 0) is 53.0 Å². The van der Waals surface area contributed by atoms with E-state index in [4.69, 9.17) is 4.74 Å². The van der Waals surface area contributed by atoms with Gasteiger partial charge in [-0.3, -0.25) is 14.4 Å². The molecule has 0 radical (unpaired) electrons. The topological polar surface area (TPSA) is 88.5 Å². The molecule has 0 saturated carbocycles. The maximum atomic E-state index is 12.6. The van der Waals surface area contributed by atoms with Gasteiger partial charge in [0.1, 0.15) is 5.60 Å². The number of hydrogen-bond donors (Lipinski definition) is 2. The number of nitrogens with zero attached hydrogens (tertiary/aromatic N) is 3. The highest BCUT2D eigenvalue weighted by molar-refractivity contribution is 5.78. The lowest BCUT2D eigenvalue weighted by atomic mass is 10.1. The first-order valence-electron chi connectivity index (χ1n) is 11.7. The van der Waals surface area contributed by atoms with Crippen LogP contribution in [0.5, 0.6) is 0 Å². The number of carbonyl (C=O) groups is 2. The first-order valence-corrected chi connectivity index (χ1v) is 11.7. The van der Waals surface area contributed by atoms with Gasteiger partial charge in [0, 0.05) is 36.9 Å². The number of ether oxygens (including phenoxy) is 1. The number of aromatic nitrogens is 2. The van der Waals surface area contributed by atoms with E-state index in [1.165, 1.54) is 5.56 Å². The molecule has 1 aromatic heterocycles. The molecule has 0 atom stereocenters. The van der Waals surface area contributed by atoms with Gasteiger partial charge in [0.15, 0.2) is 0 Å². The van der Waals surface area contributed by atoms with Crippen molar-refractivity contribution >= 4 is 12.0 Å². The smallest absolute Gasteiger partial charge is 0.407 e. The predicted molar refractivity (Wildman–Crippen MR) is 128 cm³/mol. The van der Waals surface area contributed by atoms with Gasteiger partial charge >= 0.3 is 6.09 Å². The maximum absolute atomic E-state index is 12.6. The second-order valence-corrected chi connectivity index (χ2v) is 9.77. The Morgan fingerprint density at radius 3 is 2.42 bits per heavy atom. The fourth-order valence-corrected chi connectivity index (χ4v) is 4.06. The maximum Gasteiger partial charge on any atom is 0.407 e. The number of rotatable bonds is 7. The molecule has 2 aromatic rings. The molecule has 33 heavy (non-hydrogen) atoms. The van der Waals surface area contributed by atoms with Crippen LogP contribution in [0.15, 0.2) is 30.3 Å². The summed E-state index contributed by atoms with van der Waals surface area (Å²) in [4.78, 5) is 26.6. The summed E-state index contributed by atoms with van der Waals surface area (Å²) >= 11 is 0. The number of likely N-dealkylation sites (tertiary alicyclic amines) is 1. The predicted octanol–water partition coefficient (Wildman–Crippen LogP) is 3.15. The zero-order valence-corrected chi connectivity index (χ0v) is 20.5. The highest BCUT2D eigenvalue weighted by Crippen LogP contribution is 2.15. The molecule has 1 saturated heterocycles. The molecule has 8 nitrogen and oxygen atoms in total. The Morgan fingerprint density at radius 2 is 1.79 bits per heavy atom. The van der Waals surface area contributed by atoms with Crippen LogP contribution in [-0.4, -0.2) is 58.0 Å². The lowest BCUT2D eigenvalue weighted by Crippen LogP contribution is -2.48. The van der Waals surface area contributed by atoms with Crippen LogP contribution in [0.2, 0.25) is 0 Å². The molecule has 1 aliphatic rings. The van der Waals surface area contributed by atoms with Crippen molar-refractivity contribution in [3.63, 3.8) is 0 Å². The van der Waals surface area contributed by atoms with Crippen LogP contribution in [0.25, 0.3) is 0 Å². The first-order chi connectivity index (χ1) is 15.6. The van der Waals surface area contributed by atoms with Crippen molar-refractivity contribution in [3.05, 3.63) is 52.8 Å². The van der Waals surface area contributed by atoms with Crippen LogP contribution in [0, 0.1) is 13.8 Å². The lowest BCUT2D eigenvalue weighted by Gasteiger charge is -2.32. The fourth-order valence-electron chi connectivity index (χ4n) is 4.06. The summed E-state index contributed by atoms with van der Waals surface area (Å²) in [7, 11) is 0. The SMILES string of the molecule is Cc1nn(Cc2ccccc2)c(C)c1CNC(=O)CN1CCC(NC(=O)OC(C)(C)C)CC1. The van der Waals surface area contributed by atoms with Gasteiger partial charge < -0.3 is 15.4 Å². The highest BCUT2D eigenvalue weighted by Gasteiger charge is 2.24. The van der Waals surface area contributed by atoms with Gasteiger partial charge in [-0.25, -0.2) is 4.79 Å². The van der Waals surface area contributed by atoms with Crippen molar-refractivity contribution in [1.82, 2.24) is 25.3 Å². The van der Waals surface area contributed by atoms with E-state index in [1.54, 1.807) is 0 Å². The normalized spacial score (nSPS) is 15.3. The van der Waals surface area contributed by atoms with E-state index in [9.17, 15) is 9.59 Å². The number of hydrogen-bond acceptors (Lipinski definition) is 5. The molecular weight excluding hydrogens is 418 g/mol. The number of alkyl carbamates (subject to hydrolysis) is 1. The molecule has 1 aromatic carbocycles. The molecule has 0 aliphatic carbocycles. The molecule has 8 heteroatoms. The number of carbonyl (C=O) groups excluding carboxylic acids is 2. The summed E-state index contributed by atoms with van der Waals surface area (Å²) in [6.45, 7) is 12.7. The fraction of sp³-hybridized carbons (Fsp3) is 0.560. The van der Waals surface area contributed by atoms with Gasteiger partial charge in [-0.2, -0.15) is 5.10 Å². The third-order valence-corrected chi connectivity index (χ3v) is 5.84. The van der Waals surface area contributed by atoms with Gasteiger partial charge in [0.2, 0.25) is 5.91 Å². The molecule has 0 bridgehead atoms. The minimum Gasteiger partial charge on any atom is -0.444 e. The molecule has 0 spiro atoms. The zero-order valence-electron chi connectivity index (χ0n) is 20.5. The zero-order chi connectivity index (χ0) is 24.0. The molecule has 2 heterocycles. The van der Waals surface area contributed by atoms with Crippen LogP contribution in [0.4, 0.5) is 4.79 Å². The third-order valence-electron chi connectivity index (χ3n) is 5.84. The summed E-state index contributed by atoms with van der Waals surface area (Å²) in [5, 5.41) is 10.6. The second-order valence-electron chi connectivity index (χ2n) is 9.77. The molecule has 2 N–H and O–H groups in total. The Labute approximate surface area is 196 Å². The monoisotopic (exact) mass is 455 g/mol. The van der Waals surface area contributed by atoms with E-state index in [-0.39, 0.29) is 18.0 Å². The number of amides is 2.